The Morgan fingerprint density at radius 2 is 2.42 bits per heavy atom. The zero-order chi connectivity index (χ0) is 8.23. The van der Waals surface area contributed by atoms with Crippen molar-refractivity contribution in [1.82, 2.24) is 5.32 Å². The average molecular weight is 181 g/mol. The van der Waals surface area contributed by atoms with Crippen molar-refractivity contribution in [3.8, 4) is 0 Å². The summed E-state index contributed by atoms with van der Waals surface area (Å²) < 4.78 is 0. The Labute approximate surface area is 77.8 Å². The Morgan fingerprint density at radius 3 is 3.08 bits per heavy atom. The zero-order valence-corrected chi connectivity index (χ0v) is 8.07. The molecule has 12 heavy (non-hydrogen) atoms. The zero-order valence-electron chi connectivity index (χ0n) is 7.25. The molecule has 2 rings (SSSR count). The molecule has 1 aliphatic carbocycles. The topological polar surface area (TPSA) is 12.0 Å². The minimum absolute atomic E-state index is 0.868. The molecule has 0 radical (unpaired) electrons. The maximum absolute atomic E-state index is 3.52. The molecule has 0 aliphatic heterocycles. The van der Waals surface area contributed by atoms with Crippen molar-refractivity contribution in [2.24, 2.45) is 0 Å². The lowest BCUT2D eigenvalue weighted by Crippen LogP contribution is -2.17. The van der Waals surface area contributed by atoms with Crippen LogP contribution in [0, 0.1) is 0 Å². The summed E-state index contributed by atoms with van der Waals surface area (Å²) in [6.45, 7) is 1.19. The first kappa shape index (κ1) is 8.27. The fourth-order valence-corrected chi connectivity index (χ4v) is 2.02. The van der Waals surface area contributed by atoms with Crippen LogP contribution in [0.1, 0.15) is 24.8 Å². The smallest absolute Gasteiger partial charge is 0.00682 e. The first-order valence-electron chi connectivity index (χ1n) is 4.69. The second kappa shape index (κ2) is 4.06. The van der Waals surface area contributed by atoms with Crippen LogP contribution in [0.2, 0.25) is 0 Å². The SMILES string of the molecule is c1cc(CCCNC2CC2)cs1. The molecule has 0 saturated heterocycles. The van der Waals surface area contributed by atoms with Gasteiger partial charge >= 0.3 is 0 Å². The molecule has 0 amide bonds. The van der Waals surface area contributed by atoms with Crippen molar-refractivity contribution in [3.63, 3.8) is 0 Å². The standard InChI is InChI=1S/C10H15NS/c1(6-11-10-3-4-10)2-9-5-7-12-8-9/h5,7-8,10-11H,1-4,6H2. The van der Waals surface area contributed by atoms with Gasteiger partial charge in [-0.1, -0.05) is 0 Å². The minimum Gasteiger partial charge on any atom is -0.314 e. The molecule has 1 saturated carbocycles. The predicted molar refractivity (Wildman–Crippen MR) is 53.7 cm³/mol. The molecule has 1 heterocycles. The molecule has 1 fully saturated rings. The first-order valence-corrected chi connectivity index (χ1v) is 5.64. The normalized spacial score (nSPS) is 16.7. The van der Waals surface area contributed by atoms with E-state index in [1.165, 1.54) is 37.8 Å². The summed E-state index contributed by atoms with van der Waals surface area (Å²) >= 11 is 1.80. The van der Waals surface area contributed by atoms with E-state index < -0.39 is 0 Å². The molecule has 0 unspecified atom stereocenters. The molecule has 1 aromatic rings. The molecule has 1 N–H and O–H groups in total. The largest absolute Gasteiger partial charge is 0.314 e. The van der Waals surface area contributed by atoms with Crippen LogP contribution in [0.3, 0.4) is 0 Å². The number of hydrogen-bond donors (Lipinski definition) is 1. The quantitative estimate of drug-likeness (QED) is 0.688. The summed E-state index contributed by atoms with van der Waals surface area (Å²) in [7, 11) is 0. The van der Waals surface area contributed by atoms with Gasteiger partial charge in [-0.25, -0.2) is 0 Å². The van der Waals surface area contributed by atoms with E-state index in [1.54, 1.807) is 11.3 Å². The van der Waals surface area contributed by atoms with E-state index in [1.807, 2.05) is 0 Å². The molecule has 1 nitrogen and oxygen atoms in total. The van der Waals surface area contributed by atoms with E-state index in [2.05, 4.69) is 22.1 Å². The van der Waals surface area contributed by atoms with Crippen molar-refractivity contribution in [2.75, 3.05) is 6.54 Å². The Kier molecular flexibility index (Phi) is 2.79. The lowest BCUT2D eigenvalue weighted by Gasteiger charge is -2.00. The van der Waals surface area contributed by atoms with Gasteiger partial charge in [-0.2, -0.15) is 11.3 Å². The lowest BCUT2D eigenvalue weighted by atomic mass is 10.2. The van der Waals surface area contributed by atoms with Crippen molar-refractivity contribution < 1.29 is 0 Å². The summed E-state index contributed by atoms with van der Waals surface area (Å²) in [5.41, 5.74) is 1.50. The van der Waals surface area contributed by atoms with Crippen LogP contribution in [0.5, 0.6) is 0 Å². The summed E-state index contributed by atoms with van der Waals surface area (Å²) in [6, 6.07) is 3.09. The van der Waals surface area contributed by atoms with E-state index >= 15 is 0 Å². The van der Waals surface area contributed by atoms with Gasteiger partial charge in [-0.05, 0) is 54.6 Å². The van der Waals surface area contributed by atoms with Gasteiger partial charge in [0.2, 0.25) is 0 Å². The highest BCUT2D eigenvalue weighted by atomic mass is 32.1. The summed E-state index contributed by atoms with van der Waals surface area (Å²) in [5, 5.41) is 7.93. The molecular weight excluding hydrogens is 166 g/mol. The van der Waals surface area contributed by atoms with E-state index in [9.17, 15) is 0 Å². The molecule has 0 spiro atoms. The second-order valence-corrected chi connectivity index (χ2v) is 4.24. The number of nitrogens with one attached hydrogen (secondary N) is 1. The fraction of sp³-hybridized carbons (Fsp3) is 0.600. The van der Waals surface area contributed by atoms with E-state index in [4.69, 9.17) is 0 Å². The fourth-order valence-electron chi connectivity index (χ4n) is 1.32. The Hall–Kier alpha value is -0.340. The molecule has 0 aromatic carbocycles. The van der Waals surface area contributed by atoms with E-state index in [0.29, 0.717) is 0 Å². The van der Waals surface area contributed by atoms with E-state index in [-0.39, 0.29) is 0 Å². The van der Waals surface area contributed by atoms with Crippen LogP contribution in [0.15, 0.2) is 16.8 Å². The van der Waals surface area contributed by atoms with Gasteiger partial charge in [0, 0.05) is 6.04 Å². The Morgan fingerprint density at radius 1 is 1.50 bits per heavy atom. The monoisotopic (exact) mass is 181 g/mol. The van der Waals surface area contributed by atoms with Gasteiger partial charge in [-0.3, -0.25) is 0 Å². The molecule has 1 aromatic heterocycles. The van der Waals surface area contributed by atoms with Gasteiger partial charge in [0.25, 0.3) is 0 Å². The Balaban J connectivity index is 1.56. The van der Waals surface area contributed by atoms with E-state index in [0.717, 1.165) is 6.04 Å². The maximum Gasteiger partial charge on any atom is 0.00682 e. The third kappa shape index (κ3) is 2.61. The Bertz CT molecular complexity index is 214. The number of hydrogen-bond acceptors (Lipinski definition) is 2. The molecular formula is C10H15NS. The van der Waals surface area contributed by atoms with Crippen molar-refractivity contribution in [2.45, 2.75) is 31.7 Å². The molecule has 1 aliphatic rings. The molecule has 66 valence electrons. The third-order valence-electron chi connectivity index (χ3n) is 2.23. The lowest BCUT2D eigenvalue weighted by molar-refractivity contribution is 0.646. The number of rotatable bonds is 5. The number of aryl methyl sites for hydroxylation is 1. The van der Waals surface area contributed by atoms with Crippen LogP contribution in [0.25, 0.3) is 0 Å². The number of thiophene rings is 1. The highest BCUT2D eigenvalue weighted by Gasteiger charge is 2.19. The highest BCUT2D eigenvalue weighted by molar-refractivity contribution is 7.07. The second-order valence-electron chi connectivity index (χ2n) is 3.46. The summed E-state index contributed by atoms with van der Waals surface area (Å²) in [5.74, 6) is 0. The van der Waals surface area contributed by atoms with Gasteiger partial charge < -0.3 is 5.32 Å². The highest BCUT2D eigenvalue weighted by Crippen LogP contribution is 2.18. The van der Waals surface area contributed by atoms with Gasteiger partial charge in [0.05, 0.1) is 0 Å². The molecule has 0 atom stereocenters. The first-order chi connectivity index (χ1) is 5.95. The summed E-state index contributed by atoms with van der Waals surface area (Å²) in [6.07, 6.45) is 5.33. The van der Waals surface area contributed by atoms with Gasteiger partial charge in [0.15, 0.2) is 0 Å². The maximum atomic E-state index is 3.52. The van der Waals surface area contributed by atoms with Gasteiger partial charge in [-0.15, -0.1) is 0 Å². The molecule has 0 bridgehead atoms. The third-order valence-corrected chi connectivity index (χ3v) is 2.96. The minimum atomic E-state index is 0.868. The van der Waals surface area contributed by atoms with Crippen molar-refractivity contribution >= 4 is 11.3 Å². The van der Waals surface area contributed by atoms with Crippen molar-refractivity contribution in [3.05, 3.63) is 22.4 Å². The van der Waals surface area contributed by atoms with Crippen LogP contribution < -0.4 is 5.32 Å². The van der Waals surface area contributed by atoms with Crippen molar-refractivity contribution in [1.29, 1.82) is 0 Å². The predicted octanol–water partition coefficient (Wildman–Crippen LogP) is 2.43. The van der Waals surface area contributed by atoms with Crippen LogP contribution in [-0.2, 0) is 6.42 Å². The van der Waals surface area contributed by atoms with Crippen LogP contribution >= 0.6 is 11.3 Å². The van der Waals surface area contributed by atoms with Gasteiger partial charge in [0.1, 0.15) is 0 Å². The van der Waals surface area contributed by atoms with Crippen LogP contribution in [-0.4, -0.2) is 12.6 Å². The van der Waals surface area contributed by atoms with Crippen LogP contribution in [0.4, 0.5) is 0 Å². The average Bonchev–Trinajstić information content (AvgIpc) is 2.76. The summed E-state index contributed by atoms with van der Waals surface area (Å²) in [4.78, 5) is 0. The molecule has 2 heteroatoms.